The maximum Gasteiger partial charge on any atom is 0.328 e. The molecule has 0 aliphatic carbocycles. The van der Waals surface area contributed by atoms with E-state index in [1.165, 1.54) is 33.6 Å². The van der Waals surface area contributed by atoms with Gasteiger partial charge in [0.1, 0.15) is 42.3 Å². The van der Waals surface area contributed by atoms with Crippen molar-refractivity contribution in [1.82, 2.24) is 67.1 Å². The normalized spacial score (nSPS) is 14.3. The highest BCUT2D eigenvalue weighted by atomic mass is 16.5. The largest absolute Gasteiger partial charge is 0.467 e. The Bertz CT molecular complexity index is 2850. The number of H-pyrrole nitrogens is 4. The van der Waals surface area contributed by atoms with Crippen LogP contribution in [0.5, 0.6) is 0 Å². The Morgan fingerprint density at radius 1 is 0.521 bits per heavy atom. The number of nitrogens with zero attached hydrogens (tertiary/aromatic N) is 2. The first-order chi connectivity index (χ1) is 34.9. The number of carbonyl (C=O) groups is 8. The van der Waals surface area contributed by atoms with Crippen molar-refractivity contribution in [3.63, 3.8) is 0 Å². The molecular weight excluding hydrogens is 939 g/mol. The van der Waals surface area contributed by atoms with E-state index >= 15 is 0 Å². The van der Waals surface area contributed by atoms with Crippen LogP contribution in [0.4, 0.5) is 0 Å². The van der Waals surface area contributed by atoms with E-state index in [2.05, 4.69) is 67.1 Å². The molecule has 0 aliphatic rings. The number of carbonyl (C=O) groups excluding carboxylic acids is 8. The molecule has 0 unspecified atom stereocenters. The van der Waals surface area contributed by atoms with Crippen molar-refractivity contribution in [3.8, 4) is 0 Å². The van der Waals surface area contributed by atoms with E-state index in [1.54, 1.807) is 38.6 Å². The first-order valence-corrected chi connectivity index (χ1v) is 24.1. The lowest BCUT2D eigenvalue weighted by molar-refractivity contribution is -0.146. The summed E-state index contributed by atoms with van der Waals surface area (Å²) in [5, 5.41) is 20.6. The number of fused-ring (bicyclic) bond motifs is 2. The average molecular weight is 1000 g/mol. The summed E-state index contributed by atoms with van der Waals surface area (Å²) >= 11 is 0. The molecule has 7 amide bonds. The van der Waals surface area contributed by atoms with Gasteiger partial charge in [-0.2, -0.15) is 0 Å². The summed E-state index contributed by atoms with van der Waals surface area (Å²) in [6, 6.07) is 6.69. The number of imidazole rings is 2. The monoisotopic (exact) mass is 1000 g/mol. The fraction of sp³-hybridized carbons (Fsp3) is 0.412. The minimum atomic E-state index is -1.27. The fourth-order valence-corrected chi connectivity index (χ4v) is 8.30. The predicted octanol–water partition coefficient (Wildman–Crippen LogP) is 1.67. The maximum absolute atomic E-state index is 14.3. The molecule has 0 saturated carbocycles. The molecule has 7 atom stereocenters. The molecule has 0 bridgehead atoms. The van der Waals surface area contributed by atoms with Crippen molar-refractivity contribution in [1.29, 1.82) is 0 Å². The summed E-state index contributed by atoms with van der Waals surface area (Å²) in [5.41, 5.74) is 4.01. The number of hydrogen-bond donors (Lipinski definition) is 11. The minimum absolute atomic E-state index is 0.00892. The second kappa shape index (κ2) is 25.2. The summed E-state index contributed by atoms with van der Waals surface area (Å²) in [6.07, 6.45) is 9.66. The van der Waals surface area contributed by atoms with Gasteiger partial charge >= 0.3 is 5.97 Å². The summed E-state index contributed by atoms with van der Waals surface area (Å²) in [7, 11) is 1.21. The van der Waals surface area contributed by atoms with Crippen molar-refractivity contribution < 1.29 is 43.1 Å². The maximum atomic E-state index is 14.3. The van der Waals surface area contributed by atoms with E-state index < -0.39 is 95.5 Å². The molecule has 388 valence electrons. The number of nitrogens with one attached hydrogen (secondary N) is 11. The van der Waals surface area contributed by atoms with Crippen LogP contribution in [0.25, 0.3) is 21.8 Å². The number of esters is 1. The number of methoxy groups -OCH3 is 1. The minimum Gasteiger partial charge on any atom is -0.467 e. The fourth-order valence-electron chi connectivity index (χ4n) is 8.30. The Kier molecular flexibility index (Phi) is 18.7. The third-order valence-corrected chi connectivity index (χ3v) is 12.2. The van der Waals surface area contributed by atoms with Crippen molar-refractivity contribution in [2.45, 2.75) is 116 Å². The third-order valence-electron chi connectivity index (χ3n) is 12.2. The van der Waals surface area contributed by atoms with Gasteiger partial charge in [0.05, 0.1) is 37.6 Å². The molecule has 0 radical (unpaired) electrons. The zero-order valence-electron chi connectivity index (χ0n) is 41.9. The summed E-state index contributed by atoms with van der Waals surface area (Å²) < 4.78 is 4.89. The van der Waals surface area contributed by atoms with Crippen LogP contribution in [-0.2, 0) is 68.8 Å². The lowest BCUT2D eigenvalue weighted by Crippen LogP contribution is -2.60. The highest BCUT2D eigenvalue weighted by Gasteiger charge is 2.34. The van der Waals surface area contributed by atoms with Gasteiger partial charge in [-0.05, 0) is 55.4 Å². The molecule has 4 aromatic heterocycles. The van der Waals surface area contributed by atoms with E-state index in [4.69, 9.17) is 4.74 Å². The van der Waals surface area contributed by atoms with Crippen LogP contribution in [0.15, 0.2) is 86.0 Å². The van der Waals surface area contributed by atoms with E-state index in [9.17, 15) is 38.4 Å². The number of benzene rings is 2. The second-order valence-electron chi connectivity index (χ2n) is 18.8. The number of aromatic nitrogens is 6. The molecular formula is C51H65N13O9. The predicted molar refractivity (Wildman–Crippen MR) is 270 cm³/mol. The summed E-state index contributed by atoms with van der Waals surface area (Å²) in [5.74, 6) is -5.84. The molecule has 0 saturated heterocycles. The van der Waals surface area contributed by atoms with Crippen molar-refractivity contribution in [2.24, 2.45) is 11.8 Å². The first kappa shape index (κ1) is 54.0. The number of rotatable bonds is 25. The molecule has 0 fully saturated rings. The Hall–Kier alpha value is -8.30. The highest BCUT2D eigenvalue weighted by Crippen LogP contribution is 2.21. The second-order valence-corrected chi connectivity index (χ2v) is 18.8. The number of hydrogen-bond acceptors (Lipinski definition) is 11. The average Bonchev–Trinajstić information content (AvgIpc) is 4.21. The number of ether oxygens (including phenoxy) is 1. The summed E-state index contributed by atoms with van der Waals surface area (Å²) in [4.78, 5) is 130. The van der Waals surface area contributed by atoms with E-state index in [0.29, 0.717) is 17.0 Å². The van der Waals surface area contributed by atoms with Crippen molar-refractivity contribution in [2.75, 3.05) is 7.11 Å². The van der Waals surface area contributed by atoms with Crippen LogP contribution in [-0.4, -0.2) is 127 Å². The van der Waals surface area contributed by atoms with E-state index in [0.717, 1.165) is 27.4 Å². The molecule has 22 nitrogen and oxygen atoms in total. The lowest BCUT2D eigenvalue weighted by Gasteiger charge is -2.27. The van der Waals surface area contributed by atoms with Crippen LogP contribution in [0.3, 0.4) is 0 Å². The SMILES string of the molecule is COC(=O)[C@H](CC(C)C)NC(=O)[C@H](Cc1c[nH]cn1)NC(=O)[C@@H](C)NC(=O)[C@@H](NC(=O)[C@H](C)NC(=O)[C@H](Cc1c[nH]c2ccccc12)NC(=O)[C@H](Cc1c[nH]cn1)NC(=O)Cc1c[nH]c2ccccc12)C(C)C. The number of para-hydroxylation sites is 2. The summed E-state index contributed by atoms with van der Waals surface area (Å²) in [6.45, 7) is 9.95. The van der Waals surface area contributed by atoms with Crippen LogP contribution in [0, 0.1) is 11.8 Å². The topological polar surface area (TPSA) is 319 Å². The van der Waals surface area contributed by atoms with Gasteiger partial charge in [0, 0.05) is 65.9 Å². The van der Waals surface area contributed by atoms with Gasteiger partial charge in [-0.1, -0.05) is 64.1 Å². The lowest BCUT2D eigenvalue weighted by atomic mass is 10.0. The standard InChI is InChI=1S/C51H65N13O9/c1-27(2)16-42(51(72)73-7)63-49(70)41(20-34-24-53-26-57-34)61-45(66)29(5)59-50(71)44(28(3)4)64-46(67)30(6)58-47(68)39(17-31-21-54-37-14-10-8-12-35(31)37)62-48(69)40(19-33-23-52-25-56-33)60-43(65)18-32-22-55-38-15-11-9-13-36(32)38/h8-15,21-30,39-42,44,54-55H,16-20H2,1-7H3,(H,52,56)(H,53,57)(H,58,68)(H,59,71)(H,60,65)(H,61,66)(H,62,69)(H,63,70)(H,64,67)/t29-,30+,39+,40+,41+,42+,44+/m1/s1. The Labute approximate surface area is 421 Å². The number of amides is 7. The van der Waals surface area contributed by atoms with Gasteiger partial charge in [0.15, 0.2) is 0 Å². The van der Waals surface area contributed by atoms with Crippen molar-refractivity contribution in [3.05, 3.63) is 108 Å². The quantitative estimate of drug-likeness (QED) is 0.0367. The molecule has 0 aliphatic heterocycles. The highest BCUT2D eigenvalue weighted by molar-refractivity contribution is 5.98. The molecule has 11 N–H and O–H groups in total. The van der Waals surface area contributed by atoms with Crippen LogP contribution < -0.4 is 37.2 Å². The van der Waals surface area contributed by atoms with Gasteiger partial charge in [-0.15, -0.1) is 0 Å². The smallest absolute Gasteiger partial charge is 0.328 e. The first-order valence-electron chi connectivity index (χ1n) is 24.1. The van der Waals surface area contributed by atoms with E-state index in [-0.39, 0.29) is 38.0 Å². The Morgan fingerprint density at radius 3 is 1.52 bits per heavy atom. The third kappa shape index (κ3) is 14.9. The molecule has 73 heavy (non-hydrogen) atoms. The van der Waals surface area contributed by atoms with Crippen molar-refractivity contribution >= 4 is 69.1 Å². The van der Waals surface area contributed by atoms with Gasteiger partial charge in [-0.3, -0.25) is 33.6 Å². The Morgan fingerprint density at radius 2 is 0.986 bits per heavy atom. The number of aromatic amines is 4. The van der Waals surface area contributed by atoms with Crippen LogP contribution in [0.1, 0.15) is 70.5 Å². The molecule has 6 rings (SSSR count). The van der Waals surface area contributed by atoms with Crippen LogP contribution >= 0.6 is 0 Å². The molecule has 22 heteroatoms. The molecule has 4 heterocycles. The molecule has 0 spiro atoms. The molecule has 6 aromatic rings. The van der Waals surface area contributed by atoms with Gasteiger partial charge < -0.3 is 61.9 Å². The zero-order chi connectivity index (χ0) is 52.8. The molecule has 2 aromatic carbocycles. The zero-order valence-corrected chi connectivity index (χ0v) is 41.9. The van der Waals surface area contributed by atoms with Gasteiger partial charge in [0.2, 0.25) is 41.4 Å². The van der Waals surface area contributed by atoms with Gasteiger partial charge in [0.25, 0.3) is 0 Å². The Balaban J connectivity index is 1.12. The van der Waals surface area contributed by atoms with Crippen LogP contribution in [0.2, 0.25) is 0 Å². The van der Waals surface area contributed by atoms with Gasteiger partial charge in [-0.25, -0.2) is 14.8 Å². The van der Waals surface area contributed by atoms with E-state index in [1.807, 2.05) is 62.4 Å².